The summed E-state index contributed by atoms with van der Waals surface area (Å²) in [7, 11) is 0. The third kappa shape index (κ3) is 2.37. The smallest absolute Gasteiger partial charge is 0.193 e. The van der Waals surface area contributed by atoms with Crippen molar-refractivity contribution in [1.82, 2.24) is 20.0 Å². The fourth-order valence-electron chi connectivity index (χ4n) is 2.34. The summed E-state index contributed by atoms with van der Waals surface area (Å²) in [5.41, 5.74) is 3.32. The van der Waals surface area contributed by atoms with Crippen LogP contribution in [0.2, 0.25) is 5.02 Å². The Morgan fingerprint density at radius 3 is 2.32 bits per heavy atom. The highest BCUT2D eigenvalue weighted by atomic mass is 35.5. The molecule has 5 heteroatoms. The van der Waals surface area contributed by atoms with Crippen molar-refractivity contribution < 1.29 is 0 Å². The molecule has 0 atom stereocenters. The molecule has 0 N–H and O–H groups in total. The van der Waals surface area contributed by atoms with E-state index in [0.717, 1.165) is 29.8 Å². The fraction of sp³-hybridized carbons (Fsp3) is 0.500. The van der Waals surface area contributed by atoms with Crippen LogP contribution in [0.1, 0.15) is 49.6 Å². The zero-order valence-corrected chi connectivity index (χ0v) is 12.0. The van der Waals surface area contributed by atoms with Gasteiger partial charge in [-0.1, -0.05) is 25.4 Å². The number of aryl methyl sites for hydroxylation is 2. The van der Waals surface area contributed by atoms with Gasteiger partial charge in [-0.15, -0.1) is 4.80 Å². The number of fused-ring (bicyclic) bond motifs is 1. The normalized spacial score (nSPS) is 14.7. The van der Waals surface area contributed by atoms with E-state index in [1.807, 2.05) is 12.3 Å². The second kappa shape index (κ2) is 4.93. The van der Waals surface area contributed by atoms with Crippen LogP contribution >= 0.6 is 11.6 Å². The van der Waals surface area contributed by atoms with E-state index in [1.54, 1.807) is 4.80 Å². The minimum absolute atomic E-state index is 0.415. The van der Waals surface area contributed by atoms with E-state index < -0.39 is 0 Å². The summed E-state index contributed by atoms with van der Waals surface area (Å²) in [4.78, 5) is 6.00. The number of rotatable bonds is 2. The molecule has 0 aliphatic heterocycles. The van der Waals surface area contributed by atoms with Gasteiger partial charge in [0, 0.05) is 6.20 Å². The number of pyridine rings is 1. The van der Waals surface area contributed by atoms with Crippen LogP contribution in [-0.4, -0.2) is 20.0 Å². The molecule has 100 valence electrons. The van der Waals surface area contributed by atoms with Gasteiger partial charge in [-0.2, -0.15) is 10.2 Å². The zero-order valence-electron chi connectivity index (χ0n) is 11.2. The lowest BCUT2D eigenvalue weighted by molar-refractivity contribution is 0.667. The van der Waals surface area contributed by atoms with Gasteiger partial charge in [0.2, 0.25) is 0 Å². The van der Waals surface area contributed by atoms with Crippen LogP contribution in [0.4, 0.5) is 0 Å². The van der Waals surface area contributed by atoms with Crippen LogP contribution in [-0.2, 0) is 12.8 Å². The van der Waals surface area contributed by atoms with Gasteiger partial charge >= 0.3 is 0 Å². The van der Waals surface area contributed by atoms with Gasteiger partial charge < -0.3 is 0 Å². The Balaban J connectivity index is 2.00. The van der Waals surface area contributed by atoms with Crippen molar-refractivity contribution in [1.29, 1.82) is 0 Å². The second-order valence-electron chi connectivity index (χ2n) is 5.32. The highest BCUT2D eigenvalue weighted by molar-refractivity contribution is 6.32. The van der Waals surface area contributed by atoms with Crippen molar-refractivity contribution >= 4 is 11.6 Å². The Morgan fingerprint density at radius 1 is 1.16 bits per heavy atom. The zero-order chi connectivity index (χ0) is 13.4. The van der Waals surface area contributed by atoms with Crippen molar-refractivity contribution in [3.05, 3.63) is 34.2 Å². The van der Waals surface area contributed by atoms with Crippen LogP contribution in [0.15, 0.2) is 12.3 Å². The first-order chi connectivity index (χ1) is 9.15. The number of aromatic nitrogens is 4. The number of hydrogen-bond donors (Lipinski definition) is 0. The molecule has 0 saturated carbocycles. The van der Waals surface area contributed by atoms with Crippen molar-refractivity contribution in [2.24, 2.45) is 0 Å². The number of nitrogens with zero attached hydrogens (tertiary/aromatic N) is 4. The van der Waals surface area contributed by atoms with Gasteiger partial charge in [-0.25, -0.2) is 4.98 Å². The van der Waals surface area contributed by atoms with E-state index in [9.17, 15) is 0 Å². The van der Waals surface area contributed by atoms with Gasteiger partial charge in [0.05, 0.1) is 16.4 Å². The first-order valence-corrected chi connectivity index (χ1v) is 7.14. The standard InChI is InChI=1S/C14H17ClN4/c1-9(2)10-7-11(15)14(16-8-10)19-17-12-5-3-4-6-13(12)18-19/h7-9H,3-6H2,1-2H3. The summed E-state index contributed by atoms with van der Waals surface area (Å²) < 4.78 is 0. The Kier molecular flexibility index (Phi) is 3.27. The van der Waals surface area contributed by atoms with Crippen molar-refractivity contribution in [3.63, 3.8) is 0 Å². The quantitative estimate of drug-likeness (QED) is 0.845. The molecule has 2 aromatic heterocycles. The topological polar surface area (TPSA) is 43.6 Å². The summed E-state index contributed by atoms with van der Waals surface area (Å²) in [6.45, 7) is 4.25. The molecular formula is C14H17ClN4. The van der Waals surface area contributed by atoms with Crippen LogP contribution < -0.4 is 0 Å². The van der Waals surface area contributed by atoms with Gasteiger partial charge in [-0.3, -0.25) is 0 Å². The molecule has 0 spiro atoms. The highest BCUT2D eigenvalue weighted by Crippen LogP contribution is 2.24. The largest absolute Gasteiger partial charge is 0.234 e. The average molecular weight is 277 g/mol. The van der Waals surface area contributed by atoms with Gasteiger partial charge in [0.1, 0.15) is 0 Å². The molecule has 0 bridgehead atoms. The molecular weight excluding hydrogens is 260 g/mol. The van der Waals surface area contributed by atoms with Crippen LogP contribution in [0.25, 0.3) is 5.82 Å². The summed E-state index contributed by atoms with van der Waals surface area (Å²) in [5, 5.41) is 9.64. The van der Waals surface area contributed by atoms with Crippen molar-refractivity contribution in [3.8, 4) is 5.82 Å². The lowest BCUT2D eigenvalue weighted by Gasteiger charge is -2.07. The van der Waals surface area contributed by atoms with Gasteiger partial charge in [-0.05, 0) is 43.2 Å². The SMILES string of the molecule is CC(C)c1cnc(-n2nc3c(n2)CCCC3)c(Cl)c1. The lowest BCUT2D eigenvalue weighted by atomic mass is 10.0. The minimum atomic E-state index is 0.415. The molecule has 0 fully saturated rings. The molecule has 19 heavy (non-hydrogen) atoms. The first kappa shape index (κ1) is 12.6. The number of hydrogen-bond acceptors (Lipinski definition) is 3. The average Bonchev–Trinajstić information content (AvgIpc) is 2.81. The van der Waals surface area contributed by atoms with Crippen molar-refractivity contribution in [2.75, 3.05) is 0 Å². The number of halogens is 1. The van der Waals surface area contributed by atoms with E-state index in [-0.39, 0.29) is 0 Å². The van der Waals surface area contributed by atoms with E-state index in [2.05, 4.69) is 29.0 Å². The summed E-state index contributed by atoms with van der Waals surface area (Å²) in [6, 6.07) is 1.96. The van der Waals surface area contributed by atoms with Crippen LogP contribution in [0.5, 0.6) is 0 Å². The van der Waals surface area contributed by atoms with Crippen LogP contribution in [0, 0.1) is 0 Å². The molecule has 0 amide bonds. The maximum Gasteiger partial charge on any atom is 0.193 e. The molecule has 1 aliphatic rings. The van der Waals surface area contributed by atoms with Crippen LogP contribution in [0.3, 0.4) is 0 Å². The molecule has 0 unspecified atom stereocenters. The summed E-state index contributed by atoms with van der Waals surface area (Å²) in [5.74, 6) is 1.04. The maximum absolute atomic E-state index is 6.31. The Hall–Kier alpha value is -1.42. The molecule has 2 heterocycles. The molecule has 1 aliphatic carbocycles. The molecule has 2 aromatic rings. The molecule has 0 saturated heterocycles. The predicted octanol–water partition coefficient (Wildman–Crippen LogP) is 3.32. The highest BCUT2D eigenvalue weighted by Gasteiger charge is 2.18. The third-order valence-corrected chi connectivity index (χ3v) is 3.82. The lowest BCUT2D eigenvalue weighted by Crippen LogP contribution is -2.04. The molecule has 4 nitrogen and oxygen atoms in total. The molecule has 3 rings (SSSR count). The van der Waals surface area contributed by atoms with Gasteiger partial charge in [0.25, 0.3) is 0 Å². The van der Waals surface area contributed by atoms with E-state index in [1.165, 1.54) is 12.8 Å². The first-order valence-electron chi connectivity index (χ1n) is 6.76. The Labute approximate surface area is 117 Å². The Bertz CT molecular complexity index is 580. The summed E-state index contributed by atoms with van der Waals surface area (Å²) >= 11 is 6.31. The third-order valence-electron chi connectivity index (χ3n) is 3.54. The van der Waals surface area contributed by atoms with E-state index in [0.29, 0.717) is 16.8 Å². The maximum atomic E-state index is 6.31. The van der Waals surface area contributed by atoms with Gasteiger partial charge in [0.15, 0.2) is 5.82 Å². The monoisotopic (exact) mass is 276 g/mol. The molecule has 0 radical (unpaired) electrons. The molecule has 0 aromatic carbocycles. The van der Waals surface area contributed by atoms with E-state index in [4.69, 9.17) is 11.6 Å². The Morgan fingerprint density at radius 2 is 1.79 bits per heavy atom. The fourth-order valence-corrected chi connectivity index (χ4v) is 2.59. The second-order valence-corrected chi connectivity index (χ2v) is 5.73. The minimum Gasteiger partial charge on any atom is -0.234 e. The van der Waals surface area contributed by atoms with E-state index >= 15 is 0 Å². The predicted molar refractivity (Wildman–Crippen MR) is 74.9 cm³/mol. The summed E-state index contributed by atoms with van der Waals surface area (Å²) in [6.07, 6.45) is 6.26. The van der Waals surface area contributed by atoms with Crippen molar-refractivity contribution in [2.45, 2.75) is 45.4 Å².